The van der Waals surface area contributed by atoms with Gasteiger partial charge in [-0.2, -0.15) is 0 Å². The van der Waals surface area contributed by atoms with E-state index in [1.165, 1.54) is 7.11 Å². The predicted octanol–water partition coefficient (Wildman–Crippen LogP) is 2.27. The molecule has 0 saturated carbocycles. The van der Waals surface area contributed by atoms with Crippen molar-refractivity contribution in [2.24, 2.45) is 11.0 Å². The number of carboxylic acid groups (broad SMARTS) is 1. The van der Waals surface area contributed by atoms with Crippen molar-refractivity contribution in [3.05, 3.63) is 45.8 Å². The lowest BCUT2D eigenvalue weighted by molar-refractivity contribution is 0.0527. The third-order valence-corrected chi connectivity index (χ3v) is 4.60. The molecule has 1 heterocycles. The van der Waals surface area contributed by atoms with E-state index in [2.05, 4.69) is 15.3 Å². The third-order valence-electron chi connectivity index (χ3n) is 4.60. The second-order valence-corrected chi connectivity index (χ2v) is 6.27. The zero-order valence-corrected chi connectivity index (χ0v) is 15.0. The number of rotatable bonds is 9. The molecule has 2 rings (SSSR count). The van der Waals surface area contributed by atoms with Gasteiger partial charge in [-0.1, -0.05) is 17.2 Å². The predicted molar refractivity (Wildman–Crippen MR) is 95.3 cm³/mol. The van der Waals surface area contributed by atoms with Crippen LogP contribution in [0.25, 0.3) is 10.4 Å². The average molecular weight is 375 g/mol. The summed E-state index contributed by atoms with van der Waals surface area (Å²) in [6, 6.07) is 5.98. The summed E-state index contributed by atoms with van der Waals surface area (Å²) in [6.07, 6.45) is -1.39. The third kappa shape index (κ3) is 4.75. The fourth-order valence-electron chi connectivity index (χ4n) is 3.10. The molecule has 27 heavy (non-hydrogen) atoms. The maximum absolute atomic E-state index is 12.6. The summed E-state index contributed by atoms with van der Waals surface area (Å²) in [4.78, 5) is 40.0. The van der Waals surface area contributed by atoms with Crippen LogP contribution < -0.4 is 5.32 Å². The number of carbonyl (C=O) groups excluding carboxylic acids is 2. The Morgan fingerprint density at radius 1 is 1.33 bits per heavy atom. The fourth-order valence-corrected chi connectivity index (χ4v) is 3.10. The van der Waals surface area contributed by atoms with Gasteiger partial charge in [0, 0.05) is 24.6 Å². The Bertz CT molecular complexity index is 742. The molecular formula is C17H21N5O5. The number of nitrogens with zero attached hydrogens (tertiary/aromatic N) is 4. The van der Waals surface area contributed by atoms with E-state index >= 15 is 0 Å². The van der Waals surface area contributed by atoms with Gasteiger partial charge >= 0.3 is 6.09 Å². The molecule has 1 aliphatic rings. The number of ether oxygens (including phenoxy) is 1. The van der Waals surface area contributed by atoms with Crippen molar-refractivity contribution < 1.29 is 24.2 Å². The monoisotopic (exact) mass is 375 g/mol. The van der Waals surface area contributed by atoms with E-state index in [4.69, 9.17) is 15.4 Å². The highest BCUT2D eigenvalue weighted by Gasteiger charge is 2.38. The Kier molecular flexibility index (Phi) is 6.75. The number of hydrogen-bond donors (Lipinski definition) is 2. The van der Waals surface area contributed by atoms with E-state index in [0.717, 1.165) is 4.90 Å². The van der Waals surface area contributed by atoms with E-state index < -0.39 is 36.0 Å². The fraction of sp³-hybridized carbons (Fsp3) is 0.471. The number of fused-ring (bicyclic) bond motifs is 1. The quantitative estimate of drug-likeness (QED) is 0.294. The Morgan fingerprint density at radius 3 is 2.41 bits per heavy atom. The molecule has 10 heteroatoms. The lowest BCUT2D eigenvalue weighted by atomic mass is 9.93. The molecule has 1 unspecified atom stereocenters. The molecule has 3 atom stereocenters. The van der Waals surface area contributed by atoms with Crippen LogP contribution in [-0.4, -0.2) is 60.3 Å². The highest BCUT2D eigenvalue weighted by Crippen LogP contribution is 2.25. The SMILES string of the molecule is COC(CN=[N+]=[N-])C[C@@H](CN1C(=O)c2ccccc2C1=O)[C@@H](C)NC(=O)O. The highest BCUT2D eigenvalue weighted by atomic mass is 16.5. The Morgan fingerprint density at radius 2 is 1.93 bits per heavy atom. The van der Waals surface area contributed by atoms with Crippen molar-refractivity contribution in [3.8, 4) is 0 Å². The first-order chi connectivity index (χ1) is 12.9. The van der Waals surface area contributed by atoms with Crippen LogP contribution in [0.2, 0.25) is 0 Å². The molecule has 1 aromatic rings. The molecule has 1 aromatic carbocycles. The van der Waals surface area contributed by atoms with Gasteiger partial charge in [0.15, 0.2) is 0 Å². The summed E-state index contributed by atoms with van der Waals surface area (Å²) in [5, 5.41) is 14.9. The lowest BCUT2D eigenvalue weighted by Gasteiger charge is -2.30. The van der Waals surface area contributed by atoms with Crippen molar-refractivity contribution in [3.63, 3.8) is 0 Å². The van der Waals surface area contributed by atoms with Gasteiger partial charge in [0.1, 0.15) is 0 Å². The van der Waals surface area contributed by atoms with Crippen LogP contribution in [0.4, 0.5) is 4.79 Å². The molecule has 144 valence electrons. The number of methoxy groups -OCH3 is 1. The summed E-state index contributed by atoms with van der Waals surface area (Å²) >= 11 is 0. The Labute approximate surface area is 155 Å². The topological polar surface area (TPSA) is 145 Å². The summed E-state index contributed by atoms with van der Waals surface area (Å²) < 4.78 is 5.29. The van der Waals surface area contributed by atoms with Gasteiger partial charge in [-0.3, -0.25) is 14.5 Å². The number of amides is 3. The van der Waals surface area contributed by atoms with Gasteiger partial charge in [0.05, 0.1) is 23.8 Å². The highest BCUT2D eigenvalue weighted by molar-refractivity contribution is 6.21. The molecular weight excluding hydrogens is 354 g/mol. The minimum absolute atomic E-state index is 0.0178. The smallest absolute Gasteiger partial charge is 0.404 e. The maximum atomic E-state index is 12.6. The van der Waals surface area contributed by atoms with Gasteiger partial charge in [-0.05, 0) is 36.9 Å². The van der Waals surface area contributed by atoms with Gasteiger partial charge < -0.3 is 15.2 Å². The second-order valence-electron chi connectivity index (χ2n) is 6.27. The zero-order valence-electron chi connectivity index (χ0n) is 15.0. The molecule has 0 fully saturated rings. The van der Waals surface area contributed by atoms with Gasteiger partial charge in [-0.15, -0.1) is 0 Å². The van der Waals surface area contributed by atoms with Gasteiger partial charge in [-0.25, -0.2) is 4.79 Å². The van der Waals surface area contributed by atoms with E-state index in [1.807, 2.05) is 0 Å². The summed E-state index contributed by atoms with van der Waals surface area (Å²) in [5.41, 5.74) is 9.15. The van der Waals surface area contributed by atoms with Crippen molar-refractivity contribution in [1.82, 2.24) is 10.2 Å². The van der Waals surface area contributed by atoms with Crippen LogP contribution in [0.1, 0.15) is 34.1 Å². The number of azide groups is 1. The van der Waals surface area contributed by atoms with Crippen molar-refractivity contribution in [2.75, 3.05) is 20.2 Å². The number of hydrogen-bond acceptors (Lipinski definition) is 5. The molecule has 0 aliphatic carbocycles. The van der Waals surface area contributed by atoms with Gasteiger partial charge in [0.2, 0.25) is 0 Å². The van der Waals surface area contributed by atoms with E-state index in [9.17, 15) is 14.4 Å². The van der Waals surface area contributed by atoms with Crippen molar-refractivity contribution in [1.29, 1.82) is 0 Å². The zero-order chi connectivity index (χ0) is 20.0. The summed E-state index contributed by atoms with van der Waals surface area (Å²) in [5.74, 6) is -1.25. The van der Waals surface area contributed by atoms with Gasteiger partial charge in [0.25, 0.3) is 11.8 Å². The molecule has 1 aliphatic heterocycles. The normalized spacial score (nSPS) is 16.3. The lowest BCUT2D eigenvalue weighted by Crippen LogP contribution is -2.45. The van der Waals surface area contributed by atoms with E-state index in [0.29, 0.717) is 17.5 Å². The van der Waals surface area contributed by atoms with Crippen molar-refractivity contribution in [2.45, 2.75) is 25.5 Å². The van der Waals surface area contributed by atoms with E-state index in [-0.39, 0.29) is 13.1 Å². The van der Waals surface area contributed by atoms with Crippen LogP contribution in [0.5, 0.6) is 0 Å². The molecule has 0 saturated heterocycles. The Hall–Kier alpha value is -3.10. The Balaban J connectivity index is 2.21. The summed E-state index contributed by atoms with van der Waals surface area (Å²) in [7, 11) is 1.45. The molecule has 3 amide bonds. The molecule has 0 bridgehead atoms. The van der Waals surface area contributed by atoms with Crippen LogP contribution in [-0.2, 0) is 4.74 Å². The standard InChI is InChI=1S/C17H21N5O5/c1-10(20-17(25)26)11(7-12(27-2)8-19-21-18)9-22-15(23)13-5-3-4-6-14(13)16(22)24/h3-6,10-12,20H,7-9H2,1-2H3,(H,25,26)/t10-,11+,12?/m1/s1. The minimum atomic E-state index is -1.21. The molecule has 2 N–H and O–H groups in total. The van der Waals surface area contributed by atoms with Crippen LogP contribution >= 0.6 is 0 Å². The number of imide groups is 1. The second kappa shape index (κ2) is 9.02. The number of benzene rings is 1. The molecule has 10 nitrogen and oxygen atoms in total. The van der Waals surface area contributed by atoms with Crippen molar-refractivity contribution >= 4 is 17.9 Å². The number of carbonyl (C=O) groups is 3. The first-order valence-corrected chi connectivity index (χ1v) is 8.37. The average Bonchev–Trinajstić information content (AvgIpc) is 2.88. The molecule has 0 aromatic heterocycles. The van der Waals surface area contributed by atoms with Crippen LogP contribution in [0.15, 0.2) is 29.4 Å². The van der Waals surface area contributed by atoms with Crippen LogP contribution in [0, 0.1) is 5.92 Å². The largest absolute Gasteiger partial charge is 0.465 e. The first-order valence-electron chi connectivity index (χ1n) is 8.37. The minimum Gasteiger partial charge on any atom is -0.465 e. The molecule has 0 radical (unpaired) electrons. The van der Waals surface area contributed by atoms with E-state index in [1.54, 1.807) is 31.2 Å². The van der Waals surface area contributed by atoms with Crippen LogP contribution in [0.3, 0.4) is 0 Å². The molecule has 0 spiro atoms. The summed E-state index contributed by atoms with van der Waals surface area (Å²) in [6.45, 7) is 1.73. The maximum Gasteiger partial charge on any atom is 0.404 e. The number of nitrogens with one attached hydrogen (secondary N) is 1. The first kappa shape index (κ1) is 20.2.